The van der Waals surface area contributed by atoms with Crippen LogP contribution >= 0.6 is 11.5 Å². The molecule has 1 heterocycles. The molecule has 0 amide bonds. The molecule has 1 aromatic carbocycles. The molecule has 0 spiro atoms. The predicted molar refractivity (Wildman–Crippen MR) is 85.2 cm³/mol. The van der Waals surface area contributed by atoms with E-state index in [2.05, 4.69) is 28.8 Å². The molecule has 114 valence electrons. The number of aryl methyl sites for hydroxylation is 2. The Morgan fingerprint density at radius 2 is 2.10 bits per heavy atom. The fourth-order valence-electron chi connectivity index (χ4n) is 2.40. The topological polar surface area (TPSA) is 37.8 Å². The highest BCUT2D eigenvalue weighted by Gasteiger charge is 2.22. The molecule has 0 aliphatic rings. The van der Waals surface area contributed by atoms with Gasteiger partial charge in [-0.25, -0.2) is 4.39 Å². The fraction of sp³-hybridized carbons (Fsp3) is 0.500. The summed E-state index contributed by atoms with van der Waals surface area (Å²) in [5, 5.41) is 7.77. The second-order valence-electron chi connectivity index (χ2n) is 5.22. The van der Waals surface area contributed by atoms with E-state index in [4.69, 9.17) is 0 Å². The van der Waals surface area contributed by atoms with E-state index in [0.29, 0.717) is 0 Å². The normalized spacial score (nSPS) is 12.6. The highest BCUT2D eigenvalue weighted by molar-refractivity contribution is 7.05. The third kappa shape index (κ3) is 3.86. The zero-order valence-electron chi connectivity index (χ0n) is 12.8. The maximum atomic E-state index is 13.7. The van der Waals surface area contributed by atoms with Crippen molar-refractivity contribution in [2.45, 2.75) is 46.1 Å². The molecular formula is C16H22FN3S. The summed E-state index contributed by atoms with van der Waals surface area (Å²) in [7, 11) is 0. The Hall–Kier alpha value is -1.33. The van der Waals surface area contributed by atoms with E-state index in [0.717, 1.165) is 47.5 Å². The van der Waals surface area contributed by atoms with Crippen molar-refractivity contribution in [3.63, 3.8) is 0 Å². The maximum absolute atomic E-state index is 13.7. The number of nitrogens with one attached hydrogen (secondary N) is 1. The summed E-state index contributed by atoms with van der Waals surface area (Å²) < 4.78 is 17.8. The van der Waals surface area contributed by atoms with Crippen molar-refractivity contribution in [1.82, 2.24) is 14.9 Å². The Balaban J connectivity index is 2.42. The van der Waals surface area contributed by atoms with E-state index in [-0.39, 0.29) is 11.9 Å². The largest absolute Gasteiger partial charge is 0.305 e. The van der Waals surface area contributed by atoms with Crippen LogP contribution in [-0.2, 0) is 6.42 Å². The Morgan fingerprint density at radius 1 is 1.29 bits per heavy atom. The Bertz CT molecular complexity index is 583. The van der Waals surface area contributed by atoms with Crippen LogP contribution in [0.2, 0.25) is 0 Å². The molecule has 0 aliphatic carbocycles. The minimum Gasteiger partial charge on any atom is -0.305 e. The van der Waals surface area contributed by atoms with Crippen molar-refractivity contribution < 1.29 is 4.39 Å². The van der Waals surface area contributed by atoms with Gasteiger partial charge in [-0.15, -0.1) is 5.10 Å². The second kappa shape index (κ2) is 7.61. The van der Waals surface area contributed by atoms with Crippen molar-refractivity contribution in [3.05, 3.63) is 45.7 Å². The van der Waals surface area contributed by atoms with E-state index in [9.17, 15) is 4.39 Å². The van der Waals surface area contributed by atoms with E-state index in [1.807, 2.05) is 13.0 Å². The number of hydrogen-bond acceptors (Lipinski definition) is 4. The highest BCUT2D eigenvalue weighted by atomic mass is 32.1. The summed E-state index contributed by atoms with van der Waals surface area (Å²) in [5.41, 5.74) is 3.09. The van der Waals surface area contributed by atoms with Gasteiger partial charge in [-0.1, -0.05) is 30.8 Å². The van der Waals surface area contributed by atoms with Crippen molar-refractivity contribution in [3.8, 4) is 0 Å². The molecule has 1 atom stereocenters. The lowest BCUT2D eigenvalue weighted by molar-refractivity contribution is 0.584. The van der Waals surface area contributed by atoms with Crippen molar-refractivity contribution >= 4 is 11.5 Å². The van der Waals surface area contributed by atoms with Crippen LogP contribution in [0, 0.1) is 12.7 Å². The van der Waals surface area contributed by atoms with Crippen LogP contribution in [0.1, 0.15) is 54.4 Å². The van der Waals surface area contributed by atoms with Crippen LogP contribution in [0.3, 0.4) is 0 Å². The van der Waals surface area contributed by atoms with Gasteiger partial charge in [0.2, 0.25) is 0 Å². The number of rotatable bonds is 7. The summed E-state index contributed by atoms with van der Waals surface area (Å²) in [6.07, 6.45) is 2.96. The minimum absolute atomic E-state index is 0.0257. The first-order chi connectivity index (χ1) is 10.2. The molecule has 0 saturated carbocycles. The van der Waals surface area contributed by atoms with Crippen LogP contribution < -0.4 is 5.32 Å². The number of aromatic nitrogens is 2. The third-order valence-electron chi connectivity index (χ3n) is 3.48. The molecule has 1 aromatic heterocycles. The number of halogens is 1. The number of hydrogen-bond donors (Lipinski definition) is 1. The van der Waals surface area contributed by atoms with Gasteiger partial charge in [0.05, 0.1) is 16.6 Å². The second-order valence-corrected chi connectivity index (χ2v) is 6.01. The Morgan fingerprint density at radius 3 is 2.81 bits per heavy atom. The zero-order chi connectivity index (χ0) is 15.2. The van der Waals surface area contributed by atoms with Crippen molar-refractivity contribution in [2.75, 3.05) is 6.54 Å². The third-order valence-corrected chi connectivity index (χ3v) is 4.32. The summed E-state index contributed by atoms with van der Waals surface area (Å²) in [6, 6.07) is 4.94. The van der Waals surface area contributed by atoms with Gasteiger partial charge in [-0.2, -0.15) is 0 Å². The van der Waals surface area contributed by atoms with Gasteiger partial charge in [-0.05, 0) is 61.1 Å². The Kier molecular flexibility index (Phi) is 5.82. The molecule has 0 radical (unpaired) electrons. The maximum Gasteiger partial charge on any atom is 0.123 e. The van der Waals surface area contributed by atoms with Crippen molar-refractivity contribution in [2.24, 2.45) is 0 Å². The molecule has 2 rings (SSSR count). The highest BCUT2D eigenvalue weighted by Crippen LogP contribution is 2.30. The lowest BCUT2D eigenvalue weighted by Crippen LogP contribution is -2.24. The molecular weight excluding hydrogens is 285 g/mol. The number of benzene rings is 1. The van der Waals surface area contributed by atoms with Crippen LogP contribution in [-0.4, -0.2) is 16.1 Å². The van der Waals surface area contributed by atoms with Crippen LogP contribution in [0.5, 0.6) is 0 Å². The first-order valence-corrected chi connectivity index (χ1v) is 8.25. The van der Waals surface area contributed by atoms with Crippen LogP contribution in [0.15, 0.2) is 18.2 Å². The van der Waals surface area contributed by atoms with Crippen LogP contribution in [0.4, 0.5) is 4.39 Å². The van der Waals surface area contributed by atoms with Gasteiger partial charge in [0, 0.05) is 0 Å². The number of nitrogens with zero attached hydrogens (tertiary/aromatic N) is 2. The van der Waals surface area contributed by atoms with E-state index >= 15 is 0 Å². The van der Waals surface area contributed by atoms with Gasteiger partial charge in [0.25, 0.3) is 0 Å². The first kappa shape index (κ1) is 16.0. The molecule has 3 nitrogen and oxygen atoms in total. The minimum atomic E-state index is -0.201. The SMILES string of the molecule is CCCNC(c1cc(F)ccc1C)c1snnc1CCC. The summed E-state index contributed by atoms with van der Waals surface area (Å²) in [5.74, 6) is -0.201. The molecule has 0 fully saturated rings. The molecule has 2 aromatic rings. The van der Waals surface area contributed by atoms with Gasteiger partial charge in [0.15, 0.2) is 0 Å². The molecule has 5 heteroatoms. The summed E-state index contributed by atoms with van der Waals surface area (Å²) in [4.78, 5) is 1.11. The monoisotopic (exact) mass is 307 g/mol. The summed E-state index contributed by atoms with van der Waals surface area (Å²) >= 11 is 1.41. The lowest BCUT2D eigenvalue weighted by atomic mass is 9.98. The van der Waals surface area contributed by atoms with Gasteiger partial charge in [0.1, 0.15) is 5.82 Å². The molecule has 1 unspecified atom stereocenters. The van der Waals surface area contributed by atoms with E-state index in [1.165, 1.54) is 17.6 Å². The van der Waals surface area contributed by atoms with Crippen LogP contribution in [0.25, 0.3) is 0 Å². The standard InChI is InChI=1S/C16H22FN3S/c1-4-6-14-16(21-20-19-14)15(18-9-5-2)13-10-12(17)8-7-11(13)3/h7-8,10,15,18H,4-6,9H2,1-3H3. The average molecular weight is 307 g/mol. The average Bonchev–Trinajstić information content (AvgIpc) is 2.92. The predicted octanol–water partition coefficient (Wildman–Crippen LogP) is 4.03. The molecule has 21 heavy (non-hydrogen) atoms. The molecule has 1 N–H and O–H groups in total. The molecule has 0 bridgehead atoms. The smallest absolute Gasteiger partial charge is 0.123 e. The quantitative estimate of drug-likeness (QED) is 0.839. The van der Waals surface area contributed by atoms with Gasteiger partial charge >= 0.3 is 0 Å². The zero-order valence-corrected chi connectivity index (χ0v) is 13.6. The van der Waals surface area contributed by atoms with E-state index in [1.54, 1.807) is 6.07 Å². The van der Waals surface area contributed by atoms with Crippen molar-refractivity contribution in [1.29, 1.82) is 0 Å². The Labute approximate surface area is 129 Å². The fourth-order valence-corrected chi connectivity index (χ4v) is 3.19. The molecule has 0 saturated heterocycles. The lowest BCUT2D eigenvalue weighted by Gasteiger charge is -2.20. The van der Waals surface area contributed by atoms with Gasteiger partial charge in [-0.3, -0.25) is 0 Å². The first-order valence-electron chi connectivity index (χ1n) is 7.47. The van der Waals surface area contributed by atoms with E-state index < -0.39 is 0 Å². The molecule has 0 aliphatic heterocycles. The summed E-state index contributed by atoms with van der Waals surface area (Å²) in [6.45, 7) is 7.15. The van der Waals surface area contributed by atoms with Gasteiger partial charge < -0.3 is 5.32 Å².